The van der Waals surface area contributed by atoms with Gasteiger partial charge in [-0.15, -0.1) is 12.4 Å². The zero-order valence-corrected chi connectivity index (χ0v) is 13.6. The van der Waals surface area contributed by atoms with Crippen molar-refractivity contribution in [3.8, 4) is 11.3 Å². The van der Waals surface area contributed by atoms with Crippen molar-refractivity contribution in [3.05, 3.63) is 54.6 Å². The number of anilines is 1. The Bertz CT molecular complexity index is 785. The SMILES string of the molecule is Cl.c1ccc(-c2nc3ccccc3nc2N2CCNCC2)cc1. The summed E-state index contributed by atoms with van der Waals surface area (Å²) in [4.78, 5) is 12.1. The van der Waals surface area contributed by atoms with Crippen LogP contribution in [0.5, 0.6) is 0 Å². The summed E-state index contributed by atoms with van der Waals surface area (Å²) in [6.07, 6.45) is 0. The van der Waals surface area contributed by atoms with Crippen molar-refractivity contribution in [2.45, 2.75) is 0 Å². The fourth-order valence-electron chi connectivity index (χ4n) is 2.88. The fraction of sp³-hybridized carbons (Fsp3) is 0.222. The lowest BCUT2D eigenvalue weighted by atomic mass is 10.1. The molecule has 1 aromatic heterocycles. The van der Waals surface area contributed by atoms with Gasteiger partial charge in [0.25, 0.3) is 0 Å². The Balaban J connectivity index is 0.00000156. The predicted octanol–water partition coefficient (Wildman–Crippen LogP) is 3.13. The molecule has 2 aromatic carbocycles. The van der Waals surface area contributed by atoms with Gasteiger partial charge in [0.1, 0.15) is 5.69 Å². The van der Waals surface area contributed by atoms with E-state index < -0.39 is 0 Å². The van der Waals surface area contributed by atoms with Crippen LogP contribution in [0.4, 0.5) is 5.82 Å². The van der Waals surface area contributed by atoms with Crippen LogP contribution in [0.25, 0.3) is 22.3 Å². The molecule has 0 spiro atoms. The Labute approximate surface area is 142 Å². The molecular formula is C18H19ClN4. The second-order valence-electron chi connectivity index (χ2n) is 5.49. The van der Waals surface area contributed by atoms with Crippen LogP contribution in [0, 0.1) is 0 Å². The van der Waals surface area contributed by atoms with Gasteiger partial charge in [0.2, 0.25) is 0 Å². The molecule has 0 saturated carbocycles. The maximum atomic E-state index is 4.91. The largest absolute Gasteiger partial charge is 0.352 e. The van der Waals surface area contributed by atoms with E-state index >= 15 is 0 Å². The number of hydrogen-bond acceptors (Lipinski definition) is 4. The van der Waals surface area contributed by atoms with E-state index in [4.69, 9.17) is 9.97 Å². The van der Waals surface area contributed by atoms with E-state index in [9.17, 15) is 0 Å². The fourth-order valence-corrected chi connectivity index (χ4v) is 2.88. The van der Waals surface area contributed by atoms with Crippen LogP contribution >= 0.6 is 12.4 Å². The average Bonchev–Trinajstić information content (AvgIpc) is 2.62. The third-order valence-corrected chi connectivity index (χ3v) is 4.02. The van der Waals surface area contributed by atoms with Crippen molar-refractivity contribution in [2.24, 2.45) is 0 Å². The van der Waals surface area contributed by atoms with Crippen LogP contribution in [-0.2, 0) is 0 Å². The number of halogens is 1. The summed E-state index contributed by atoms with van der Waals surface area (Å²) < 4.78 is 0. The molecule has 0 unspecified atom stereocenters. The van der Waals surface area contributed by atoms with E-state index in [0.29, 0.717) is 0 Å². The highest BCUT2D eigenvalue weighted by Gasteiger charge is 2.18. The summed E-state index contributed by atoms with van der Waals surface area (Å²) in [5.41, 5.74) is 3.99. The summed E-state index contributed by atoms with van der Waals surface area (Å²) in [5, 5.41) is 3.39. The molecule has 0 aliphatic carbocycles. The first-order valence-corrected chi connectivity index (χ1v) is 7.70. The molecule has 0 amide bonds. The second-order valence-corrected chi connectivity index (χ2v) is 5.49. The van der Waals surface area contributed by atoms with Crippen LogP contribution in [-0.4, -0.2) is 36.1 Å². The number of nitrogens with one attached hydrogen (secondary N) is 1. The molecule has 1 fully saturated rings. The molecule has 1 saturated heterocycles. The van der Waals surface area contributed by atoms with Crippen LogP contribution < -0.4 is 10.2 Å². The van der Waals surface area contributed by atoms with Crippen molar-refractivity contribution in [1.82, 2.24) is 15.3 Å². The van der Waals surface area contributed by atoms with Crippen LogP contribution in [0.15, 0.2) is 54.6 Å². The Morgan fingerprint density at radius 2 is 1.39 bits per heavy atom. The highest BCUT2D eigenvalue weighted by Crippen LogP contribution is 2.29. The number of para-hydroxylation sites is 2. The Morgan fingerprint density at radius 3 is 2.09 bits per heavy atom. The second kappa shape index (κ2) is 6.94. The maximum absolute atomic E-state index is 4.91. The van der Waals surface area contributed by atoms with Crippen molar-refractivity contribution >= 4 is 29.3 Å². The van der Waals surface area contributed by atoms with Gasteiger partial charge in [-0.25, -0.2) is 9.97 Å². The summed E-state index contributed by atoms with van der Waals surface area (Å²) in [6.45, 7) is 3.91. The van der Waals surface area contributed by atoms with Crippen molar-refractivity contribution in [3.63, 3.8) is 0 Å². The normalized spacial score (nSPS) is 14.5. The highest BCUT2D eigenvalue weighted by molar-refractivity contribution is 5.85. The molecule has 4 rings (SSSR count). The Morgan fingerprint density at radius 1 is 0.783 bits per heavy atom. The quantitative estimate of drug-likeness (QED) is 0.785. The number of fused-ring (bicyclic) bond motifs is 1. The highest BCUT2D eigenvalue weighted by atomic mass is 35.5. The number of aromatic nitrogens is 2. The van der Waals surface area contributed by atoms with Crippen molar-refractivity contribution in [1.29, 1.82) is 0 Å². The number of rotatable bonds is 2. The molecule has 0 atom stereocenters. The topological polar surface area (TPSA) is 41.1 Å². The van der Waals surface area contributed by atoms with Gasteiger partial charge in [-0.2, -0.15) is 0 Å². The van der Waals surface area contributed by atoms with Gasteiger partial charge < -0.3 is 10.2 Å². The van der Waals surface area contributed by atoms with Crippen molar-refractivity contribution < 1.29 is 0 Å². The molecule has 5 heteroatoms. The molecule has 118 valence electrons. The van der Waals surface area contributed by atoms with Gasteiger partial charge in [-0.05, 0) is 12.1 Å². The first-order valence-electron chi connectivity index (χ1n) is 7.70. The lowest BCUT2D eigenvalue weighted by Crippen LogP contribution is -2.44. The van der Waals surface area contributed by atoms with E-state index in [2.05, 4.69) is 22.3 Å². The molecule has 0 radical (unpaired) electrons. The lowest BCUT2D eigenvalue weighted by molar-refractivity contribution is 0.585. The third-order valence-electron chi connectivity index (χ3n) is 4.02. The third kappa shape index (κ3) is 3.14. The smallest absolute Gasteiger partial charge is 0.156 e. The minimum atomic E-state index is 0. The van der Waals surface area contributed by atoms with Gasteiger partial charge in [0, 0.05) is 31.7 Å². The molecule has 0 bridgehead atoms. The van der Waals surface area contributed by atoms with E-state index in [1.165, 1.54) is 0 Å². The molecule has 1 N–H and O–H groups in total. The summed E-state index contributed by atoms with van der Waals surface area (Å²) in [7, 11) is 0. The minimum absolute atomic E-state index is 0. The lowest BCUT2D eigenvalue weighted by Gasteiger charge is -2.29. The van der Waals surface area contributed by atoms with E-state index in [1.54, 1.807) is 0 Å². The number of nitrogens with zero attached hydrogens (tertiary/aromatic N) is 3. The van der Waals surface area contributed by atoms with Gasteiger partial charge in [0.05, 0.1) is 11.0 Å². The summed E-state index contributed by atoms with van der Waals surface area (Å²) >= 11 is 0. The van der Waals surface area contributed by atoms with Crippen LogP contribution in [0.1, 0.15) is 0 Å². The number of hydrogen-bond donors (Lipinski definition) is 1. The summed E-state index contributed by atoms with van der Waals surface area (Å²) in [5.74, 6) is 0.992. The van der Waals surface area contributed by atoms with Crippen molar-refractivity contribution in [2.75, 3.05) is 31.1 Å². The van der Waals surface area contributed by atoms with E-state index in [0.717, 1.165) is 54.3 Å². The zero-order valence-electron chi connectivity index (χ0n) is 12.8. The molecule has 2 heterocycles. The van der Waals surface area contributed by atoms with Crippen LogP contribution in [0.2, 0.25) is 0 Å². The van der Waals surface area contributed by atoms with E-state index in [-0.39, 0.29) is 12.4 Å². The zero-order chi connectivity index (χ0) is 14.8. The summed E-state index contributed by atoms with van der Waals surface area (Å²) in [6, 6.07) is 18.4. The number of piperazine rings is 1. The van der Waals surface area contributed by atoms with Gasteiger partial charge >= 0.3 is 0 Å². The minimum Gasteiger partial charge on any atom is -0.352 e. The first-order chi connectivity index (χ1) is 10.9. The van der Waals surface area contributed by atoms with E-state index in [1.807, 2.05) is 42.5 Å². The van der Waals surface area contributed by atoms with Gasteiger partial charge in [0.15, 0.2) is 5.82 Å². The predicted molar refractivity (Wildman–Crippen MR) is 97.3 cm³/mol. The molecule has 4 nitrogen and oxygen atoms in total. The van der Waals surface area contributed by atoms with Crippen LogP contribution in [0.3, 0.4) is 0 Å². The molecular weight excluding hydrogens is 308 g/mol. The molecule has 1 aliphatic heterocycles. The number of benzene rings is 2. The Hall–Kier alpha value is -2.17. The Kier molecular flexibility index (Phi) is 4.74. The monoisotopic (exact) mass is 326 g/mol. The molecule has 3 aromatic rings. The molecule has 1 aliphatic rings. The maximum Gasteiger partial charge on any atom is 0.156 e. The average molecular weight is 327 g/mol. The first kappa shape index (κ1) is 15.7. The van der Waals surface area contributed by atoms with Gasteiger partial charge in [-0.1, -0.05) is 42.5 Å². The standard InChI is InChI=1S/C18H18N4.ClH/c1-2-6-14(7-3-1)17-18(22-12-10-19-11-13-22)21-16-9-5-4-8-15(16)20-17;/h1-9,19H,10-13H2;1H. The van der Waals surface area contributed by atoms with Gasteiger partial charge in [-0.3, -0.25) is 0 Å². The molecule has 23 heavy (non-hydrogen) atoms.